The van der Waals surface area contributed by atoms with Gasteiger partial charge in [0.15, 0.2) is 11.6 Å². The fourth-order valence-electron chi connectivity index (χ4n) is 2.08. The Morgan fingerprint density at radius 2 is 2.14 bits per heavy atom. The summed E-state index contributed by atoms with van der Waals surface area (Å²) in [6.45, 7) is 6.87. The number of hydrogen-bond donors (Lipinski definition) is 2. The van der Waals surface area contributed by atoms with Gasteiger partial charge in [-0.15, -0.1) is 0 Å². The van der Waals surface area contributed by atoms with E-state index in [0.29, 0.717) is 24.5 Å². The van der Waals surface area contributed by atoms with Gasteiger partial charge in [0.1, 0.15) is 5.60 Å². The fourth-order valence-corrected chi connectivity index (χ4v) is 2.08. The minimum absolute atomic E-state index is 0.107. The maximum Gasteiger partial charge on any atom is 0.407 e. The van der Waals surface area contributed by atoms with Gasteiger partial charge in [-0.05, 0) is 20.8 Å². The van der Waals surface area contributed by atoms with Crippen LogP contribution in [-0.4, -0.2) is 40.3 Å². The molecule has 1 amide bonds. The monoisotopic (exact) mass is 295 g/mol. The van der Waals surface area contributed by atoms with E-state index in [-0.39, 0.29) is 18.7 Å². The van der Waals surface area contributed by atoms with Crippen LogP contribution in [0.3, 0.4) is 0 Å². The number of ketones is 1. The quantitative estimate of drug-likeness (QED) is 0.625. The van der Waals surface area contributed by atoms with E-state index in [4.69, 9.17) is 10.6 Å². The second-order valence-corrected chi connectivity index (χ2v) is 5.90. The van der Waals surface area contributed by atoms with Crippen LogP contribution in [0.5, 0.6) is 0 Å². The number of nitrogens with two attached hydrogens (primary N) is 1. The van der Waals surface area contributed by atoms with Crippen molar-refractivity contribution in [3.8, 4) is 0 Å². The molecule has 0 aromatic carbocycles. The second kappa shape index (κ2) is 5.72. The molecule has 0 fully saturated rings. The van der Waals surface area contributed by atoms with Crippen molar-refractivity contribution in [3.05, 3.63) is 11.8 Å². The summed E-state index contributed by atoms with van der Waals surface area (Å²) in [7, 11) is 0. The second-order valence-electron chi connectivity index (χ2n) is 5.90. The van der Waals surface area contributed by atoms with Crippen LogP contribution in [0.25, 0.3) is 0 Å². The molecule has 1 aromatic heterocycles. The zero-order chi connectivity index (χ0) is 15.6. The first-order chi connectivity index (χ1) is 9.78. The van der Waals surface area contributed by atoms with E-state index in [1.807, 2.05) is 0 Å². The highest BCUT2D eigenvalue weighted by atomic mass is 16.6. The van der Waals surface area contributed by atoms with Crippen LogP contribution in [0.1, 0.15) is 37.6 Å². The number of nitrogens with zero attached hydrogens (tertiary/aromatic N) is 3. The Morgan fingerprint density at radius 3 is 2.81 bits per heavy atom. The van der Waals surface area contributed by atoms with E-state index in [1.165, 1.54) is 11.2 Å². The number of aromatic nitrogens is 2. The van der Waals surface area contributed by atoms with Crippen molar-refractivity contribution in [2.24, 2.45) is 5.84 Å². The lowest BCUT2D eigenvalue weighted by molar-refractivity contribution is 0.0527. The van der Waals surface area contributed by atoms with Crippen molar-refractivity contribution in [1.82, 2.24) is 15.1 Å². The molecule has 116 valence electrons. The lowest BCUT2D eigenvalue weighted by Gasteiger charge is -2.19. The predicted molar refractivity (Wildman–Crippen MR) is 76.9 cm³/mol. The fraction of sp³-hybridized carbons (Fsp3) is 0.615. The molecule has 2 heterocycles. The third-order valence-electron chi connectivity index (χ3n) is 2.96. The molecule has 0 atom stereocenters. The van der Waals surface area contributed by atoms with Crippen LogP contribution in [0, 0.1) is 0 Å². The SMILES string of the molecule is CC(C)(C)OC(=O)NCCC(=O)c1cnn2c1N(N)CC2. The molecule has 1 aliphatic rings. The van der Waals surface area contributed by atoms with Crippen molar-refractivity contribution in [2.75, 3.05) is 18.1 Å². The van der Waals surface area contributed by atoms with E-state index in [1.54, 1.807) is 25.5 Å². The molecule has 8 heteroatoms. The summed E-state index contributed by atoms with van der Waals surface area (Å²) < 4.78 is 6.80. The average molecular weight is 295 g/mol. The standard InChI is InChI=1S/C13H21N5O3/c1-13(2,3)21-12(20)15-5-4-10(19)9-8-16-18-7-6-17(14)11(9)18/h8H,4-7,14H2,1-3H3,(H,15,20). The first-order valence-electron chi connectivity index (χ1n) is 6.86. The van der Waals surface area contributed by atoms with Crippen molar-refractivity contribution >= 4 is 17.7 Å². The van der Waals surface area contributed by atoms with Gasteiger partial charge >= 0.3 is 6.09 Å². The van der Waals surface area contributed by atoms with E-state index in [0.717, 1.165) is 0 Å². The van der Waals surface area contributed by atoms with Crippen molar-refractivity contribution in [2.45, 2.75) is 39.3 Å². The van der Waals surface area contributed by atoms with Crippen molar-refractivity contribution in [1.29, 1.82) is 0 Å². The molecule has 0 bridgehead atoms. The molecule has 0 unspecified atom stereocenters. The largest absolute Gasteiger partial charge is 0.444 e. The number of hydrogen-bond acceptors (Lipinski definition) is 6. The summed E-state index contributed by atoms with van der Waals surface area (Å²) in [6, 6.07) is 0. The topological polar surface area (TPSA) is 102 Å². The zero-order valence-electron chi connectivity index (χ0n) is 12.5. The maximum absolute atomic E-state index is 12.2. The van der Waals surface area contributed by atoms with Crippen molar-refractivity contribution in [3.63, 3.8) is 0 Å². The van der Waals surface area contributed by atoms with E-state index >= 15 is 0 Å². The maximum atomic E-state index is 12.2. The predicted octanol–water partition coefficient (Wildman–Crippen LogP) is 0.674. The molecule has 0 saturated heterocycles. The first-order valence-corrected chi connectivity index (χ1v) is 6.86. The third-order valence-corrected chi connectivity index (χ3v) is 2.96. The number of ether oxygens (including phenoxy) is 1. The van der Waals surface area contributed by atoms with Crippen LogP contribution in [0.4, 0.5) is 10.6 Å². The minimum atomic E-state index is -0.554. The number of carbonyl (C=O) groups is 2. The molecule has 0 saturated carbocycles. The highest BCUT2D eigenvalue weighted by Gasteiger charge is 2.25. The van der Waals surface area contributed by atoms with Gasteiger partial charge in [0, 0.05) is 13.0 Å². The minimum Gasteiger partial charge on any atom is -0.444 e. The molecule has 1 aliphatic heterocycles. The number of rotatable bonds is 4. The number of fused-ring (bicyclic) bond motifs is 1. The highest BCUT2D eigenvalue weighted by Crippen LogP contribution is 2.23. The van der Waals surface area contributed by atoms with Crippen LogP contribution < -0.4 is 16.2 Å². The molecular weight excluding hydrogens is 274 g/mol. The van der Waals surface area contributed by atoms with Gasteiger partial charge in [0.25, 0.3) is 0 Å². The Kier molecular flexibility index (Phi) is 4.17. The Labute approximate surface area is 123 Å². The molecule has 3 N–H and O–H groups in total. The smallest absolute Gasteiger partial charge is 0.407 e. The molecular formula is C13H21N5O3. The van der Waals surface area contributed by atoms with Crippen LogP contribution >= 0.6 is 0 Å². The molecule has 2 rings (SSSR count). The lowest BCUT2D eigenvalue weighted by atomic mass is 10.1. The van der Waals surface area contributed by atoms with E-state index in [2.05, 4.69) is 10.4 Å². The number of carbonyl (C=O) groups excluding carboxylic acids is 2. The molecule has 0 spiro atoms. The zero-order valence-corrected chi connectivity index (χ0v) is 12.5. The Hall–Kier alpha value is -2.09. The summed E-state index contributed by atoms with van der Waals surface area (Å²) in [6.07, 6.45) is 1.16. The first kappa shape index (κ1) is 15.3. The summed E-state index contributed by atoms with van der Waals surface area (Å²) in [5, 5.41) is 8.19. The number of alkyl carbamates (subject to hydrolysis) is 1. The lowest BCUT2D eigenvalue weighted by Crippen LogP contribution is -2.34. The van der Waals surface area contributed by atoms with Gasteiger partial charge in [-0.2, -0.15) is 5.10 Å². The number of anilines is 1. The van der Waals surface area contributed by atoms with Crippen LogP contribution in [-0.2, 0) is 11.3 Å². The molecule has 1 aromatic rings. The molecule has 21 heavy (non-hydrogen) atoms. The van der Waals surface area contributed by atoms with Crippen LogP contribution in [0.2, 0.25) is 0 Å². The van der Waals surface area contributed by atoms with Gasteiger partial charge in [0.2, 0.25) is 0 Å². The summed E-state index contributed by atoms with van der Waals surface area (Å²) in [5.41, 5.74) is -0.0673. The third kappa shape index (κ3) is 3.72. The van der Waals surface area contributed by atoms with Gasteiger partial charge in [-0.1, -0.05) is 0 Å². The van der Waals surface area contributed by atoms with Gasteiger partial charge in [0.05, 0.1) is 24.8 Å². The summed E-state index contributed by atoms with van der Waals surface area (Å²) >= 11 is 0. The number of nitrogens with one attached hydrogen (secondary N) is 1. The number of Topliss-reactive ketones (excluding diaryl/α,β-unsaturated/α-hetero) is 1. The normalized spacial score (nSPS) is 14.0. The summed E-state index contributed by atoms with van der Waals surface area (Å²) in [5.74, 6) is 6.34. The van der Waals surface area contributed by atoms with Gasteiger partial charge in [-0.3, -0.25) is 9.80 Å². The van der Waals surface area contributed by atoms with Gasteiger partial charge < -0.3 is 10.1 Å². The Balaban J connectivity index is 1.85. The molecule has 8 nitrogen and oxygen atoms in total. The van der Waals surface area contributed by atoms with Crippen molar-refractivity contribution < 1.29 is 14.3 Å². The number of amides is 1. The Morgan fingerprint density at radius 1 is 1.43 bits per heavy atom. The average Bonchev–Trinajstić information content (AvgIpc) is 2.90. The van der Waals surface area contributed by atoms with E-state index < -0.39 is 11.7 Å². The number of hydrazine groups is 1. The Bertz CT molecular complexity index is 546. The highest BCUT2D eigenvalue weighted by molar-refractivity contribution is 6.00. The summed E-state index contributed by atoms with van der Waals surface area (Å²) in [4.78, 5) is 23.6. The van der Waals surface area contributed by atoms with Gasteiger partial charge in [-0.25, -0.2) is 15.3 Å². The molecule has 0 aliphatic carbocycles. The van der Waals surface area contributed by atoms with E-state index in [9.17, 15) is 9.59 Å². The van der Waals surface area contributed by atoms with Crippen LogP contribution in [0.15, 0.2) is 6.20 Å². The molecule has 0 radical (unpaired) electrons.